The average Bonchev–Trinajstić information content (AvgIpc) is 3.18. The molecule has 0 aromatic carbocycles. The maximum Gasteiger partial charge on any atom is 0.322 e. The van der Waals surface area contributed by atoms with Crippen molar-refractivity contribution in [3.05, 3.63) is 27.7 Å². The third kappa shape index (κ3) is 3.35. The van der Waals surface area contributed by atoms with E-state index in [2.05, 4.69) is 25.7 Å². The molecule has 9 heteroatoms. The molecule has 126 valence electrons. The molecule has 0 saturated heterocycles. The third-order valence-corrected chi connectivity index (χ3v) is 4.61. The molecule has 0 aliphatic rings. The van der Waals surface area contributed by atoms with Crippen molar-refractivity contribution in [2.45, 2.75) is 40.5 Å². The highest BCUT2D eigenvalue weighted by molar-refractivity contribution is 7.15. The number of anilines is 1. The van der Waals surface area contributed by atoms with Crippen molar-refractivity contribution in [2.24, 2.45) is 0 Å². The fraction of sp³-hybridized carbons (Fsp3) is 0.400. The normalized spacial score (nSPS) is 11.0. The first-order valence-corrected chi connectivity index (χ1v) is 8.25. The summed E-state index contributed by atoms with van der Waals surface area (Å²) in [5.74, 6) is 0.887. The zero-order valence-electron chi connectivity index (χ0n) is 13.8. The van der Waals surface area contributed by atoms with E-state index in [-0.39, 0.29) is 18.3 Å². The van der Waals surface area contributed by atoms with Crippen molar-refractivity contribution in [1.29, 1.82) is 0 Å². The first-order valence-electron chi connectivity index (χ1n) is 7.43. The molecule has 0 spiro atoms. The lowest BCUT2D eigenvalue weighted by Gasteiger charge is -2.00. The van der Waals surface area contributed by atoms with Gasteiger partial charge in [0.1, 0.15) is 10.6 Å². The first-order chi connectivity index (χ1) is 11.4. The fourth-order valence-electron chi connectivity index (χ4n) is 2.37. The summed E-state index contributed by atoms with van der Waals surface area (Å²) >= 11 is 1.47. The Balaban J connectivity index is 1.62. The van der Waals surface area contributed by atoms with Crippen LogP contribution in [0.25, 0.3) is 10.8 Å². The Morgan fingerprint density at radius 1 is 1.17 bits per heavy atom. The van der Waals surface area contributed by atoms with Crippen molar-refractivity contribution in [2.75, 3.05) is 5.32 Å². The standard InChI is InChI=1S/C15H17N5O3S/c1-7-11(9(3)23-20-7)5-6-12(21)17-15-19-18-14(22-15)13-8(2)16-10(4)24-13/h5-6H2,1-4H3,(H,17,19,21). The third-order valence-electron chi connectivity index (χ3n) is 3.55. The predicted octanol–water partition coefficient (Wildman–Crippen LogP) is 2.99. The van der Waals surface area contributed by atoms with Gasteiger partial charge in [-0.15, -0.1) is 16.4 Å². The van der Waals surface area contributed by atoms with E-state index in [4.69, 9.17) is 8.94 Å². The van der Waals surface area contributed by atoms with Crippen LogP contribution in [-0.4, -0.2) is 26.2 Å². The van der Waals surface area contributed by atoms with Gasteiger partial charge in [-0.05, 0) is 34.1 Å². The lowest BCUT2D eigenvalue weighted by molar-refractivity contribution is -0.116. The monoisotopic (exact) mass is 347 g/mol. The van der Waals surface area contributed by atoms with Crippen LogP contribution in [0.15, 0.2) is 8.94 Å². The van der Waals surface area contributed by atoms with Crippen LogP contribution in [0.4, 0.5) is 6.01 Å². The van der Waals surface area contributed by atoms with E-state index in [1.807, 2.05) is 27.7 Å². The highest BCUT2D eigenvalue weighted by Gasteiger charge is 2.17. The molecular formula is C15H17N5O3S. The minimum Gasteiger partial charge on any atom is -0.402 e. The number of aromatic nitrogens is 4. The van der Waals surface area contributed by atoms with Crippen LogP contribution in [0.1, 0.15) is 34.1 Å². The molecule has 0 unspecified atom stereocenters. The summed E-state index contributed by atoms with van der Waals surface area (Å²) in [5.41, 5.74) is 2.58. The van der Waals surface area contributed by atoms with Crippen molar-refractivity contribution in [1.82, 2.24) is 20.3 Å². The number of nitrogens with one attached hydrogen (secondary N) is 1. The Kier molecular flexibility index (Phi) is 4.43. The Bertz CT molecular complexity index is 860. The van der Waals surface area contributed by atoms with Gasteiger partial charge < -0.3 is 8.94 Å². The number of nitrogens with zero attached hydrogens (tertiary/aromatic N) is 4. The number of hydrogen-bond acceptors (Lipinski definition) is 8. The number of hydrogen-bond donors (Lipinski definition) is 1. The summed E-state index contributed by atoms with van der Waals surface area (Å²) in [4.78, 5) is 17.2. The number of rotatable bonds is 5. The molecule has 1 N–H and O–H groups in total. The Hall–Kier alpha value is -2.55. The van der Waals surface area contributed by atoms with Crippen molar-refractivity contribution >= 4 is 23.3 Å². The second-order valence-corrected chi connectivity index (χ2v) is 6.61. The number of thiazole rings is 1. The quantitative estimate of drug-likeness (QED) is 0.756. The molecule has 0 atom stereocenters. The van der Waals surface area contributed by atoms with Crippen molar-refractivity contribution in [3.8, 4) is 10.8 Å². The molecular weight excluding hydrogens is 330 g/mol. The number of carbonyl (C=O) groups is 1. The second kappa shape index (κ2) is 6.52. The van der Waals surface area contributed by atoms with Gasteiger partial charge in [0.05, 0.1) is 16.4 Å². The number of aryl methyl sites for hydroxylation is 4. The van der Waals surface area contributed by atoms with Crippen LogP contribution in [0.3, 0.4) is 0 Å². The number of amides is 1. The van der Waals surface area contributed by atoms with E-state index in [1.165, 1.54) is 11.3 Å². The van der Waals surface area contributed by atoms with Gasteiger partial charge in [0.15, 0.2) is 0 Å². The summed E-state index contributed by atoms with van der Waals surface area (Å²) in [6, 6.07) is 0.0826. The molecule has 8 nitrogen and oxygen atoms in total. The van der Waals surface area contributed by atoms with E-state index in [0.717, 1.165) is 32.6 Å². The first kappa shape index (κ1) is 16.3. The fourth-order valence-corrected chi connectivity index (χ4v) is 3.22. The van der Waals surface area contributed by atoms with E-state index in [0.29, 0.717) is 12.3 Å². The minimum absolute atomic E-state index is 0.0826. The lowest BCUT2D eigenvalue weighted by atomic mass is 10.1. The topological polar surface area (TPSA) is 107 Å². The Morgan fingerprint density at radius 2 is 1.96 bits per heavy atom. The second-order valence-electron chi connectivity index (χ2n) is 5.41. The van der Waals surface area contributed by atoms with Crippen LogP contribution < -0.4 is 5.32 Å². The molecule has 0 saturated carbocycles. The molecule has 24 heavy (non-hydrogen) atoms. The van der Waals surface area contributed by atoms with Gasteiger partial charge in [-0.25, -0.2) is 4.98 Å². The molecule has 0 fully saturated rings. The van der Waals surface area contributed by atoms with Gasteiger partial charge in [0, 0.05) is 12.0 Å². The van der Waals surface area contributed by atoms with E-state index in [9.17, 15) is 4.79 Å². The maximum atomic E-state index is 12.0. The van der Waals surface area contributed by atoms with E-state index < -0.39 is 0 Å². The highest BCUT2D eigenvalue weighted by atomic mass is 32.1. The highest BCUT2D eigenvalue weighted by Crippen LogP contribution is 2.29. The Labute approximate surface area is 142 Å². The Morgan fingerprint density at radius 3 is 2.58 bits per heavy atom. The maximum absolute atomic E-state index is 12.0. The van der Waals surface area contributed by atoms with Gasteiger partial charge in [-0.3, -0.25) is 10.1 Å². The molecule has 0 aliphatic heterocycles. The van der Waals surface area contributed by atoms with Gasteiger partial charge in [0.25, 0.3) is 5.89 Å². The largest absolute Gasteiger partial charge is 0.402 e. The van der Waals surface area contributed by atoms with Crippen LogP contribution in [-0.2, 0) is 11.2 Å². The SMILES string of the molecule is Cc1nc(C)c(-c2nnc(NC(=O)CCc3c(C)noc3C)o2)s1. The minimum atomic E-state index is -0.206. The molecule has 3 aromatic rings. The summed E-state index contributed by atoms with van der Waals surface area (Å²) in [6.07, 6.45) is 0.820. The van der Waals surface area contributed by atoms with Crippen molar-refractivity contribution < 1.29 is 13.7 Å². The predicted molar refractivity (Wildman–Crippen MR) is 87.8 cm³/mol. The summed E-state index contributed by atoms with van der Waals surface area (Å²) in [5, 5.41) is 15.2. The van der Waals surface area contributed by atoms with Gasteiger partial charge in [0.2, 0.25) is 5.91 Å². The summed E-state index contributed by atoms with van der Waals surface area (Å²) < 4.78 is 10.6. The molecule has 1 amide bonds. The number of carbonyl (C=O) groups excluding carboxylic acids is 1. The summed E-state index contributed by atoms with van der Waals surface area (Å²) in [7, 11) is 0. The molecule has 3 rings (SSSR count). The lowest BCUT2D eigenvalue weighted by Crippen LogP contribution is -2.12. The van der Waals surface area contributed by atoms with Crippen LogP contribution in [0, 0.1) is 27.7 Å². The van der Waals surface area contributed by atoms with Gasteiger partial charge in [-0.1, -0.05) is 10.3 Å². The molecule has 0 radical (unpaired) electrons. The van der Waals surface area contributed by atoms with Gasteiger partial charge >= 0.3 is 6.01 Å². The zero-order chi connectivity index (χ0) is 17.3. The van der Waals surface area contributed by atoms with E-state index >= 15 is 0 Å². The van der Waals surface area contributed by atoms with Crippen molar-refractivity contribution in [3.63, 3.8) is 0 Å². The van der Waals surface area contributed by atoms with Crippen LogP contribution in [0.5, 0.6) is 0 Å². The molecule has 0 bridgehead atoms. The average molecular weight is 347 g/mol. The zero-order valence-corrected chi connectivity index (χ0v) is 14.7. The van der Waals surface area contributed by atoms with E-state index in [1.54, 1.807) is 0 Å². The smallest absolute Gasteiger partial charge is 0.322 e. The molecule has 3 heterocycles. The molecule has 0 aliphatic carbocycles. The van der Waals surface area contributed by atoms with Gasteiger partial charge in [-0.2, -0.15) is 0 Å². The van der Waals surface area contributed by atoms with Crippen LogP contribution in [0.2, 0.25) is 0 Å². The molecule has 3 aromatic heterocycles. The summed E-state index contributed by atoms with van der Waals surface area (Å²) in [6.45, 7) is 7.48. The van der Waals surface area contributed by atoms with Crippen LogP contribution >= 0.6 is 11.3 Å².